The third-order valence-corrected chi connectivity index (χ3v) is 5.61. The van der Waals surface area contributed by atoms with Crippen molar-refractivity contribution in [3.05, 3.63) is 35.9 Å². The summed E-state index contributed by atoms with van der Waals surface area (Å²) in [6.45, 7) is 9.19. The minimum Gasteiger partial charge on any atom is -0.340 e. The summed E-state index contributed by atoms with van der Waals surface area (Å²) < 4.78 is 0. The van der Waals surface area contributed by atoms with Gasteiger partial charge in [-0.25, -0.2) is 0 Å². The first-order chi connectivity index (χ1) is 11.7. The number of amides is 1. The van der Waals surface area contributed by atoms with E-state index < -0.39 is 0 Å². The average Bonchev–Trinajstić information content (AvgIpc) is 2.64. The van der Waals surface area contributed by atoms with Gasteiger partial charge in [-0.1, -0.05) is 37.3 Å². The van der Waals surface area contributed by atoms with Crippen molar-refractivity contribution in [2.24, 2.45) is 11.8 Å². The monoisotopic (exact) mass is 401 g/mol. The van der Waals surface area contributed by atoms with Gasteiger partial charge in [-0.2, -0.15) is 0 Å². The summed E-state index contributed by atoms with van der Waals surface area (Å²) in [5, 5.41) is 3.47. The van der Waals surface area contributed by atoms with Gasteiger partial charge < -0.3 is 10.2 Å². The molecule has 1 aromatic rings. The van der Waals surface area contributed by atoms with Gasteiger partial charge in [-0.05, 0) is 43.3 Å². The summed E-state index contributed by atoms with van der Waals surface area (Å²) in [4.78, 5) is 17.1. The van der Waals surface area contributed by atoms with Crippen LogP contribution in [-0.2, 0) is 11.3 Å². The number of halogens is 2. The molecule has 2 unspecified atom stereocenters. The summed E-state index contributed by atoms with van der Waals surface area (Å²) in [5.41, 5.74) is 1.36. The highest BCUT2D eigenvalue weighted by molar-refractivity contribution is 5.85. The van der Waals surface area contributed by atoms with Crippen molar-refractivity contribution in [1.82, 2.24) is 15.1 Å². The fourth-order valence-electron chi connectivity index (χ4n) is 3.93. The molecule has 6 heteroatoms. The van der Waals surface area contributed by atoms with E-state index in [0.29, 0.717) is 24.2 Å². The number of benzene rings is 1. The molecule has 0 radical (unpaired) electrons. The standard InChI is InChI=1S/C20H31N3O.2ClH/c1-17(19-8-5-9-21-15-19)14-20(24)23-12-10-22(11-13-23)16-18-6-3-2-4-7-18;;/h2-4,6-7,17,19,21H,5,8-16H2,1H3;2*1H. The Hall–Kier alpha value is -0.810. The lowest BCUT2D eigenvalue weighted by atomic mass is 9.85. The fourth-order valence-corrected chi connectivity index (χ4v) is 3.93. The number of nitrogens with one attached hydrogen (secondary N) is 1. The van der Waals surface area contributed by atoms with E-state index >= 15 is 0 Å². The van der Waals surface area contributed by atoms with Crippen LogP contribution in [-0.4, -0.2) is 55.0 Å². The van der Waals surface area contributed by atoms with E-state index in [4.69, 9.17) is 0 Å². The predicted molar refractivity (Wildman–Crippen MR) is 112 cm³/mol. The van der Waals surface area contributed by atoms with Crippen molar-refractivity contribution in [3.63, 3.8) is 0 Å². The van der Waals surface area contributed by atoms with Gasteiger partial charge in [0, 0.05) is 39.1 Å². The Bertz CT molecular complexity index is 515. The number of rotatable bonds is 5. The smallest absolute Gasteiger partial charge is 0.222 e. The van der Waals surface area contributed by atoms with Gasteiger partial charge in [-0.3, -0.25) is 9.69 Å². The molecule has 0 aromatic heterocycles. The predicted octanol–water partition coefficient (Wildman–Crippen LogP) is 3.20. The van der Waals surface area contributed by atoms with Crippen LogP contribution in [0.3, 0.4) is 0 Å². The van der Waals surface area contributed by atoms with Crippen LogP contribution in [0.15, 0.2) is 30.3 Å². The van der Waals surface area contributed by atoms with E-state index in [1.165, 1.54) is 18.4 Å². The van der Waals surface area contributed by atoms with E-state index in [1.54, 1.807) is 0 Å². The number of piperazine rings is 1. The molecular weight excluding hydrogens is 369 g/mol. The van der Waals surface area contributed by atoms with Crippen molar-refractivity contribution in [1.29, 1.82) is 0 Å². The molecule has 1 aromatic carbocycles. The van der Waals surface area contributed by atoms with Gasteiger partial charge in [0.1, 0.15) is 0 Å². The van der Waals surface area contributed by atoms with Gasteiger partial charge in [0.2, 0.25) is 5.91 Å². The number of carbonyl (C=O) groups is 1. The van der Waals surface area contributed by atoms with Crippen LogP contribution in [0.25, 0.3) is 0 Å². The minimum absolute atomic E-state index is 0. The second-order valence-electron chi connectivity index (χ2n) is 7.43. The number of nitrogens with zero attached hydrogens (tertiary/aromatic N) is 2. The van der Waals surface area contributed by atoms with Crippen LogP contribution in [0.4, 0.5) is 0 Å². The normalized spacial score (nSPS) is 22.0. The first kappa shape index (κ1) is 23.2. The quantitative estimate of drug-likeness (QED) is 0.822. The summed E-state index contributed by atoms with van der Waals surface area (Å²) in [7, 11) is 0. The molecule has 148 valence electrons. The zero-order valence-electron chi connectivity index (χ0n) is 15.7. The van der Waals surface area contributed by atoms with E-state index in [9.17, 15) is 4.79 Å². The minimum atomic E-state index is 0. The van der Waals surface area contributed by atoms with Gasteiger partial charge >= 0.3 is 0 Å². The van der Waals surface area contributed by atoms with Crippen LogP contribution >= 0.6 is 24.8 Å². The highest BCUT2D eigenvalue weighted by Crippen LogP contribution is 2.23. The van der Waals surface area contributed by atoms with E-state index in [2.05, 4.69) is 52.4 Å². The molecule has 2 fully saturated rings. The Morgan fingerprint density at radius 2 is 1.85 bits per heavy atom. The van der Waals surface area contributed by atoms with E-state index in [-0.39, 0.29) is 24.8 Å². The van der Waals surface area contributed by atoms with Gasteiger partial charge in [0.15, 0.2) is 0 Å². The zero-order chi connectivity index (χ0) is 16.8. The van der Waals surface area contributed by atoms with Crippen molar-refractivity contribution >= 4 is 30.7 Å². The maximum absolute atomic E-state index is 12.6. The molecule has 2 heterocycles. The Labute approximate surface area is 170 Å². The second kappa shape index (κ2) is 11.8. The summed E-state index contributed by atoms with van der Waals surface area (Å²) in [6, 6.07) is 10.6. The second-order valence-corrected chi connectivity index (χ2v) is 7.43. The van der Waals surface area contributed by atoms with E-state index in [0.717, 1.165) is 45.8 Å². The molecule has 1 amide bonds. The lowest BCUT2D eigenvalue weighted by Crippen LogP contribution is -2.48. The summed E-state index contributed by atoms with van der Waals surface area (Å²) in [5.74, 6) is 1.52. The maximum Gasteiger partial charge on any atom is 0.222 e. The molecule has 0 saturated carbocycles. The molecule has 4 nitrogen and oxygen atoms in total. The van der Waals surface area contributed by atoms with Crippen molar-refractivity contribution in [2.75, 3.05) is 39.3 Å². The molecule has 2 aliphatic rings. The fraction of sp³-hybridized carbons (Fsp3) is 0.650. The molecule has 2 saturated heterocycles. The molecule has 3 rings (SSSR count). The molecule has 0 bridgehead atoms. The maximum atomic E-state index is 12.6. The van der Waals surface area contributed by atoms with Crippen LogP contribution < -0.4 is 5.32 Å². The summed E-state index contributed by atoms with van der Waals surface area (Å²) in [6.07, 6.45) is 3.23. The zero-order valence-corrected chi connectivity index (χ0v) is 17.4. The third kappa shape index (κ3) is 6.73. The Kier molecular flexibility index (Phi) is 10.6. The topological polar surface area (TPSA) is 35.6 Å². The largest absolute Gasteiger partial charge is 0.340 e. The molecule has 0 aliphatic carbocycles. The van der Waals surface area contributed by atoms with Crippen LogP contribution in [0.2, 0.25) is 0 Å². The molecular formula is C20H33Cl2N3O. The Balaban J connectivity index is 0.00000169. The van der Waals surface area contributed by atoms with Crippen LogP contribution in [0, 0.1) is 11.8 Å². The molecule has 2 aliphatic heterocycles. The summed E-state index contributed by atoms with van der Waals surface area (Å²) >= 11 is 0. The highest BCUT2D eigenvalue weighted by Gasteiger charge is 2.26. The average molecular weight is 402 g/mol. The SMILES string of the molecule is CC(CC(=O)N1CCN(Cc2ccccc2)CC1)C1CCCNC1.Cl.Cl. The van der Waals surface area contributed by atoms with Gasteiger partial charge in [-0.15, -0.1) is 24.8 Å². The number of carbonyl (C=O) groups excluding carboxylic acids is 1. The van der Waals surface area contributed by atoms with Crippen LogP contribution in [0.5, 0.6) is 0 Å². The molecule has 2 atom stereocenters. The first-order valence-electron chi connectivity index (χ1n) is 9.47. The lowest BCUT2D eigenvalue weighted by molar-refractivity contribution is -0.134. The van der Waals surface area contributed by atoms with Crippen LogP contribution in [0.1, 0.15) is 31.7 Å². The van der Waals surface area contributed by atoms with Crippen molar-refractivity contribution < 1.29 is 4.79 Å². The van der Waals surface area contributed by atoms with E-state index in [1.807, 2.05) is 0 Å². The molecule has 1 N–H and O–H groups in total. The van der Waals surface area contributed by atoms with Gasteiger partial charge in [0.05, 0.1) is 0 Å². The highest BCUT2D eigenvalue weighted by atomic mass is 35.5. The first-order valence-corrected chi connectivity index (χ1v) is 9.47. The van der Waals surface area contributed by atoms with Crippen molar-refractivity contribution in [2.45, 2.75) is 32.7 Å². The third-order valence-electron chi connectivity index (χ3n) is 5.61. The number of hydrogen-bond donors (Lipinski definition) is 1. The molecule has 26 heavy (non-hydrogen) atoms. The Morgan fingerprint density at radius 1 is 1.15 bits per heavy atom. The molecule has 0 spiro atoms. The van der Waals surface area contributed by atoms with Crippen molar-refractivity contribution in [3.8, 4) is 0 Å². The van der Waals surface area contributed by atoms with Gasteiger partial charge in [0.25, 0.3) is 0 Å². The lowest BCUT2D eigenvalue weighted by Gasteiger charge is -2.36. The number of hydrogen-bond acceptors (Lipinski definition) is 3. The number of piperidine rings is 1. The Morgan fingerprint density at radius 3 is 2.46 bits per heavy atom.